The molecule has 21 heavy (non-hydrogen) atoms. The summed E-state index contributed by atoms with van der Waals surface area (Å²) in [5.74, 6) is 0.371. The summed E-state index contributed by atoms with van der Waals surface area (Å²) >= 11 is 0. The van der Waals surface area contributed by atoms with E-state index >= 15 is 0 Å². The Bertz CT molecular complexity index is 491. The lowest BCUT2D eigenvalue weighted by molar-refractivity contribution is -0.141. The van der Waals surface area contributed by atoms with Gasteiger partial charge in [-0.3, -0.25) is 0 Å². The van der Waals surface area contributed by atoms with Gasteiger partial charge in [-0.05, 0) is 25.0 Å². The van der Waals surface area contributed by atoms with Crippen LogP contribution in [0.1, 0.15) is 18.5 Å². The van der Waals surface area contributed by atoms with Gasteiger partial charge in [0.05, 0.1) is 19.3 Å². The Morgan fingerprint density at radius 3 is 2.86 bits per heavy atom. The third kappa shape index (κ3) is 3.65. The van der Waals surface area contributed by atoms with Crippen molar-refractivity contribution >= 4 is 5.82 Å². The molecule has 1 saturated heterocycles. The third-order valence-corrected chi connectivity index (χ3v) is 3.77. The first-order chi connectivity index (χ1) is 10.0. The first kappa shape index (κ1) is 14.6. The Morgan fingerprint density at radius 2 is 2.14 bits per heavy atom. The summed E-state index contributed by atoms with van der Waals surface area (Å²) in [6.07, 6.45) is -2.06. The number of hydrogen-bond acceptors (Lipinski definition) is 4. The summed E-state index contributed by atoms with van der Waals surface area (Å²) in [6, 6.07) is 4.62. The minimum absolute atomic E-state index is 0.0235. The smallest absolute Gasteiger partial charge is 0.377 e. The molecule has 2 heterocycles. The van der Waals surface area contributed by atoms with Gasteiger partial charge < -0.3 is 15.0 Å². The molecule has 1 saturated carbocycles. The van der Waals surface area contributed by atoms with Crippen LogP contribution in [0.2, 0.25) is 0 Å². The van der Waals surface area contributed by atoms with Crippen LogP contribution in [-0.4, -0.2) is 43.4 Å². The van der Waals surface area contributed by atoms with E-state index in [2.05, 4.69) is 10.3 Å². The van der Waals surface area contributed by atoms with Gasteiger partial charge in [0.1, 0.15) is 11.5 Å². The van der Waals surface area contributed by atoms with Crippen molar-refractivity contribution in [1.82, 2.24) is 10.3 Å². The molecule has 0 radical (unpaired) electrons. The number of halogens is 3. The number of pyridine rings is 1. The zero-order chi connectivity index (χ0) is 14.9. The van der Waals surface area contributed by atoms with Crippen molar-refractivity contribution in [3.63, 3.8) is 0 Å². The number of rotatable bonds is 4. The molecule has 0 spiro atoms. The topological polar surface area (TPSA) is 37.4 Å². The number of aromatic nitrogens is 1. The highest BCUT2D eigenvalue weighted by atomic mass is 19.4. The van der Waals surface area contributed by atoms with Crippen LogP contribution in [0.4, 0.5) is 19.0 Å². The van der Waals surface area contributed by atoms with Crippen LogP contribution in [-0.2, 0) is 10.9 Å². The van der Waals surface area contributed by atoms with E-state index in [0.717, 1.165) is 6.07 Å². The molecule has 2 aliphatic rings. The van der Waals surface area contributed by atoms with E-state index in [1.165, 1.54) is 18.9 Å². The first-order valence-corrected chi connectivity index (χ1v) is 7.16. The number of ether oxygens (including phenoxy) is 1. The second-order valence-electron chi connectivity index (χ2n) is 5.48. The van der Waals surface area contributed by atoms with E-state index in [1.807, 2.05) is 4.90 Å². The fourth-order valence-electron chi connectivity index (χ4n) is 2.46. The highest BCUT2D eigenvalue weighted by molar-refractivity contribution is 5.41. The van der Waals surface area contributed by atoms with Crippen molar-refractivity contribution in [2.45, 2.75) is 31.1 Å². The van der Waals surface area contributed by atoms with Crippen molar-refractivity contribution in [1.29, 1.82) is 0 Å². The van der Waals surface area contributed by atoms with E-state index in [0.29, 0.717) is 38.2 Å². The normalized spacial score (nSPS) is 23.4. The minimum Gasteiger partial charge on any atom is -0.377 e. The van der Waals surface area contributed by atoms with Crippen LogP contribution in [0.3, 0.4) is 0 Å². The second-order valence-corrected chi connectivity index (χ2v) is 5.48. The fourth-order valence-corrected chi connectivity index (χ4v) is 2.46. The summed E-state index contributed by atoms with van der Waals surface area (Å²) in [6.45, 7) is 2.30. The van der Waals surface area contributed by atoms with Gasteiger partial charge in [-0.2, -0.15) is 13.2 Å². The summed E-state index contributed by atoms with van der Waals surface area (Å²) in [4.78, 5) is 5.69. The van der Waals surface area contributed by atoms with Gasteiger partial charge >= 0.3 is 6.18 Å². The van der Waals surface area contributed by atoms with Gasteiger partial charge in [0.2, 0.25) is 0 Å². The molecule has 4 nitrogen and oxygen atoms in total. The van der Waals surface area contributed by atoms with Crippen LogP contribution < -0.4 is 10.2 Å². The Morgan fingerprint density at radius 1 is 1.33 bits per heavy atom. The molecule has 7 heteroatoms. The zero-order valence-electron chi connectivity index (χ0n) is 11.6. The Hall–Kier alpha value is -1.34. The molecule has 1 aromatic heterocycles. The molecule has 1 N–H and O–H groups in total. The Balaban J connectivity index is 1.75. The highest BCUT2D eigenvalue weighted by Crippen LogP contribution is 2.29. The summed E-state index contributed by atoms with van der Waals surface area (Å²) < 4.78 is 43.8. The lowest BCUT2D eigenvalue weighted by Gasteiger charge is -2.37. The van der Waals surface area contributed by atoms with Crippen molar-refractivity contribution in [3.8, 4) is 0 Å². The number of morpholine rings is 1. The molecule has 1 unspecified atom stereocenters. The number of hydrogen-bond donors (Lipinski definition) is 1. The number of nitrogens with zero attached hydrogens (tertiary/aromatic N) is 2. The van der Waals surface area contributed by atoms with Crippen LogP contribution in [0.25, 0.3) is 0 Å². The minimum atomic E-state index is -4.41. The summed E-state index contributed by atoms with van der Waals surface area (Å²) in [5.41, 5.74) is -0.847. The monoisotopic (exact) mass is 301 g/mol. The number of alkyl halides is 3. The van der Waals surface area contributed by atoms with Crippen molar-refractivity contribution in [3.05, 3.63) is 23.9 Å². The van der Waals surface area contributed by atoms with Crippen LogP contribution in [0, 0.1) is 0 Å². The van der Waals surface area contributed by atoms with E-state index < -0.39 is 11.9 Å². The predicted molar refractivity (Wildman–Crippen MR) is 72.2 cm³/mol. The fraction of sp³-hybridized carbons (Fsp3) is 0.643. The molecule has 0 bridgehead atoms. The van der Waals surface area contributed by atoms with Crippen LogP contribution >= 0.6 is 0 Å². The van der Waals surface area contributed by atoms with Crippen molar-refractivity contribution in [2.75, 3.05) is 31.2 Å². The van der Waals surface area contributed by atoms with Gasteiger partial charge in [-0.15, -0.1) is 0 Å². The average Bonchev–Trinajstić information content (AvgIpc) is 3.29. The molecule has 0 aromatic carbocycles. The van der Waals surface area contributed by atoms with Gasteiger partial charge in [0.25, 0.3) is 0 Å². The lowest BCUT2D eigenvalue weighted by Crippen LogP contribution is -2.51. The molecule has 0 amide bonds. The first-order valence-electron chi connectivity index (χ1n) is 7.16. The summed E-state index contributed by atoms with van der Waals surface area (Å²) in [7, 11) is 0. The van der Waals surface area contributed by atoms with Gasteiger partial charge in [-0.25, -0.2) is 4.98 Å². The molecule has 1 aromatic rings. The maximum atomic E-state index is 12.8. The van der Waals surface area contributed by atoms with Crippen molar-refractivity contribution < 1.29 is 17.9 Å². The Kier molecular flexibility index (Phi) is 4.03. The SMILES string of the molecule is FC(F)(F)c1cccc(N2CCOCC2CNC2CC2)n1. The quantitative estimate of drug-likeness (QED) is 0.924. The maximum absolute atomic E-state index is 12.8. The molecular weight excluding hydrogens is 283 g/mol. The van der Waals surface area contributed by atoms with E-state index in [1.54, 1.807) is 6.07 Å². The van der Waals surface area contributed by atoms with Gasteiger partial charge in [-0.1, -0.05) is 6.07 Å². The van der Waals surface area contributed by atoms with Gasteiger partial charge in [0.15, 0.2) is 0 Å². The standard InChI is InChI=1S/C14H18F3N3O/c15-14(16,17)12-2-1-3-13(19-12)20-6-7-21-9-11(20)8-18-10-4-5-10/h1-3,10-11,18H,4-9H2. The highest BCUT2D eigenvalue weighted by Gasteiger charge is 2.34. The molecular formula is C14H18F3N3O. The molecule has 3 rings (SSSR count). The lowest BCUT2D eigenvalue weighted by atomic mass is 10.2. The predicted octanol–water partition coefficient (Wildman–Crippen LogP) is 2.06. The van der Waals surface area contributed by atoms with Crippen LogP contribution in [0.15, 0.2) is 18.2 Å². The molecule has 2 fully saturated rings. The molecule has 1 aliphatic carbocycles. The van der Waals surface area contributed by atoms with Gasteiger partial charge in [0, 0.05) is 19.1 Å². The average molecular weight is 301 g/mol. The van der Waals surface area contributed by atoms with E-state index in [9.17, 15) is 13.2 Å². The number of nitrogens with one attached hydrogen (secondary N) is 1. The Labute approximate surface area is 121 Å². The van der Waals surface area contributed by atoms with E-state index in [4.69, 9.17) is 4.74 Å². The van der Waals surface area contributed by atoms with Crippen LogP contribution in [0.5, 0.6) is 0 Å². The third-order valence-electron chi connectivity index (χ3n) is 3.77. The molecule has 1 atom stereocenters. The molecule has 116 valence electrons. The summed E-state index contributed by atoms with van der Waals surface area (Å²) in [5, 5.41) is 3.40. The number of anilines is 1. The maximum Gasteiger partial charge on any atom is 0.433 e. The largest absolute Gasteiger partial charge is 0.433 e. The molecule has 1 aliphatic heterocycles. The second kappa shape index (κ2) is 5.81. The van der Waals surface area contributed by atoms with Crippen molar-refractivity contribution in [2.24, 2.45) is 0 Å². The van der Waals surface area contributed by atoms with E-state index in [-0.39, 0.29) is 6.04 Å². The zero-order valence-corrected chi connectivity index (χ0v) is 11.6.